The maximum absolute atomic E-state index is 12.5. The highest BCUT2D eigenvalue weighted by Gasteiger charge is 2.56. The Hall–Kier alpha value is -2.13. The second-order valence-electron chi connectivity index (χ2n) is 6.22. The molecule has 0 fully saturated rings. The SMILES string of the molecule is CCOC(=O)C1=NN(c2ccc(C)cc2)C2(S1)SC(C(=O)OCC)=C(C)N2C. The summed E-state index contributed by atoms with van der Waals surface area (Å²) in [5, 5.41) is 6.58. The first-order chi connectivity index (χ1) is 13.3. The van der Waals surface area contributed by atoms with E-state index in [0.717, 1.165) is 16.9 Å². The number of nitrogens with zero attached hydrogens (tertiary/aromatic N) is 3. The number of hydrogen-bond acceptors (Lipinski definition) is 9. The largest absolute Gasteiger partial charge is 0.462 e. The van der Waals surface area contributed by atoms with E-state index in [9.17, 15) is 9.59 Å². The Morgan fingerprint density at radius 3 is 2.25 bits per heavy atom. The summed E-state index contributed by atoms with van der Waals surface area (Å²) < 4.78 is 9.53. The van der Waals surface area contributed by atoms with Crippen LogP contribution in [-0.4, -0.2) is 46.5 Å². The summed E-state index contributed by atoms with van der Waals surface area (Å²) in [7, 11) is 1.88. The zero-order valence-corrected chi connectivity index (χ0v) is 18.1. The highest BCUT2D eigenvalue weighted by Crippen LogP contribution is 2.58. The van der Waals surface area contributed by atoms with Crippen molar-refractivity contribution in [3.8, 4) is 0 Å². The molecule has 9 heteroatoms. The molecule has 7 nitrogen and oxygen atoms in total. The van der Waals surface area contributed by atoms with Crippen molar-refractivity contribution in [3.05, 3.63) is 40.4 Å². The van der Waals surface area contributed by atoms with E-state index in [4.69, 9.17) is 9.47 Å². The van der Waals surface area contributed by atoms with E-state index in [1.54, 1.807) is 18.9 Å². The Bertz CT molecular complexity index is 853. The van der Waals surface area contributed by atoms with E-state index in [-0.39, 0.29) is 17.6 Å². The average molecular weight is 422 g/mol. The van der Waals surface area contributed by atoms with Crippen LogP contribution in [0.25, 0.3) is 0 Å². The first kappa shape index (κ1) is 20.6. The van der Waals surface area contributed by atoms with Gasteiger partial charge in [-0.1, -0.05) is 29.5 Å². The normalized spacial score (nSPS) is 21.4. The van der Waals surface area contributed by atoms with Crippen LogP contribution in [0.15, 0.2) is 40.0 Å². The van der Waals surface area contributed by atoms with Gasteiger partial charge in [0.1, 0.15) is 4.91 Å². The molecule has 1 spiro atoms. The van der Waals surface area contributed by atoms with Crippen LogP contribution >= 0.6 is 23.5 Å². The maximum atomic E-state index is 12.5. The van der Waals surface area contributed by atoms with Crippen molar-refractivity contribution in [2.75, 3.05) is 25.3 Å². The molecule has 0 saturated carbocycles. The van der Waals surface area contributed by atoms with Crippen LogP contribution < -0.4 is 5.01 Å². The lowest BCUT2D eigenvalue weighted by molar-refractivity contribution is -0.137. The smallest absolute Gasteiger partial charge is 0.365 e. The van der Waals surface area contributed by atoms with Crippen LogP contribution in [0.3, 0.4) is 0 Å². The average Bonchev–Trinajstić information content (AvgIpc) is 3.17. The molecular formula is C19H23N3O4S2. The fourth-order valence-corrected chi connectivity index (χ4v) is 5.70. The molecule has 0 N–H and O–H groups in total. The van der Waals surface area contributed by atoms with E-state index in [1.807, 2.05) is 50.1 Å². The van der Waals surface area contributed by atoms with Crippen molar-refractivity contribution in [2.45, 2.75) is 32.0 Å². The highest BCUT2D eigenvalue weighted by molar-refractivity contribution is 8.28. The van der Waals surface area contributed by atoms with E-state index >= 15 is 0 Å². The molecule has 0 aliphatic carbocycles. The minimum absolute atomic E-state index is 0.250. The second kappa shape index (κ2) is 8.08. The first-order valence-electron chi connectivity index (χ1n) is 8.96. The second-order valence-corrected chi connectivity index (χ2v) is 8.82. The standard InChI is InChI=1S/C19H23N3O4S2/c1-6-25-17(23)15-13(4)21(5)19(27-15)22(14-10-8-12(3)9-11-14)20-16(28-19)18(24)26-7-2/h8-11H,6-7H2,1-5H3. The van der Waals surface area contributed by atoms with Crippen LogP contribution in [-0.2, 0) is 19.1 Å². The summed E-state index contributed by atoms with van der Waals surface area (Å²) in [5.74, 6) is -0.847. The van der Waals surface area contributed by atoms with E-state index in [2.05, 4.69) is 5.10 Å². The molecule has 3 rings (SSSR count). The van der Waals surface area contributed by atoms with Gasteiger partial charge in [-0.2, -0.15) is 5.10 Å². The Kier molecular flexibility index (Phi) is 5.95. The predicted octanol–water partition coefficient (Wildman–Crippen LogP) is 3.51. The van der Waals surface area contributed by atoms with Gasteiger partial charge in [0, 0.05) is 12.7 Å². The molecule has 0 radical (unpaired) electrons. The summed E-state index contributed by atoms with van der Waals surface area (Å²) in [5.41, 5.74) is 2.70. The van der Waals surface area contributed by atoms with E-state index < -0.39 is 10.3 Å². The zero-order chi connectivity index (χ0) is 20.5. The molecule has 2 aliphatic rings. The first-order valence-corrected chi connectivity index (χ1v) is 10.6. The predicted molar refractivity (Wildman–Crippen MR) is 113 cm³/mol. The number of rotatable bonds is 5. The van der Waals surface area contributed by atoms with Crippen molar-refractivity contribution in [3.63, 3.8) is 0 Å². The maximum Gasteiger partial charge on any atom is 0.365 e. The lowest BCUT2D eigenvalue weighted by atomic mass is 10.2. The molecule has 2 heterocycles. The number of benzene rings is 1. The van der Waals surface area contributed by atoms with E-state index in [0.29, 0.717) is 11.5 Å². The fourth-order valence-electron chi connectivity index (χ4n) is 2.83. The molecule has 0 saturated heterocycles. The third kappa shape index (κ3) is 3.48. The number of thioether (sulfide) groups is 2. The molecule has 0 bridgehead atoms. The number of anilines is 1. The van der Waals surface area contributed by atoms with Crippen LogP contribution in [0.4, 0.5) is 5.69 Å². The third-order valence-electron chi connectivity index (χ3n) is 4.37. The summed E-state index contributed by atoms with van der Waals surface area (Å²) >= 11 is 2.60. The summed E-state index contributed by atoms with van der Waals surface area (Å²) in [4.78, 5) is 27.3. The topological polar surface area (TPSA) is 71.4 Å². The Labute approximate surface area is 173 Å². The summed E-state index contributed by atoms with van der Waals surface area (Å²) in [6, 6.07) is 7.86. The van der Waals surface area contributed by atoms with Gasteiger partial charge >= 0.3 is 11.9 Å². The number of esters is 2. The van der Waals surface area contributed by atoms with Crippen LogP contribution in [0, 0.1) is 6.92 Å². The van der Waals surface area contributed by atoms with Crippen LogP contribution in [0.2, 0.25) is 0 Å². The number of hydrogen-bond donors (Lipinski definition) is 0. The van der Waals surface area contributed by atoms with Gasteiger partial charge in [-0.05, 0) is 51.6 Å². The molecule has 28 heavy (non-hydrogen) atoms. The third-order valence-corrected chi connectivity index (χ3v) is 7.40. The molecule has 2 aliphatic heterocycles. The van der Waals surface area contributed by atoms with Crippen LogP contribution in [0.5, 0.6) is 0 Å². The van der Waals surface area contributed by atoms with Gasteiger partial charge in [0.2, 0.25) is 9.37 Å². The number of carbonyl (C=O) groups excluding carboxylic acids is 2. The number of hydrazone groups is 1. The van der Waals surface area contributed by atoms with Gasteiger partial charge in [0.15, 0.2) is 0 Å². The van der Waals surface area contributed by atoms with Crippen LogP contribution in [0.1, 0.15) is 26.3 Å². The lowest BCUT2D eigenvalue weighted by Gasteiger charge is -2.39. The minimum Gasteiger partial charge on any atom is -0.462 e. The number of ether oxygens (including phenoxy) is 2. The fraction of sp³-hybridized carbons (Fsp3) is 0.421. The molecule has 1 unspecified atom stereocenters. The van der Waals surface area contributed by atoms with Gasteiger partial charge in [-0.25, -0.2) is 14.6 Å². The zero-order valence-electron chi connectivity index (χ0n) is 16.5. The van der Waals surface area contributed by atoms with Gasteiger partial charge in [-0.3, -0.25) is 0 Å². The lowest BCUT2D eigenvalue weighted by Crippen LogP contribution is -2.47. The quantitative estimate of drug-likeness (QED) is 0.669. The van der Waals surface area contributed by atoms with Gasteiger partial charge in [-0.15, -0.1) is 0 Å². The van der Waals surface area contributed by atoms with Crippen molar-refractivity contribution in [1.29, 1.82) is 0 Å². The molecule has 1 aromatic carbocycles. The highest BCUT2D eigenvalue weighted by atomic mass is 32.2. The van der Waals surface area contributed by atoms with Crippen molar-refractivity contribution in [1.82, 2.24) is 4.90 Å². The minimum atomic E-state index is -0.844. The summed E-state index contributed by atoms with van der Waals surface area (Å²) in [6.45, 7) is 7.97. The van der Waals surface area contributed by atoms with Gasteiger partial charge in [0.05, 0.1) is 18.9 Å². The summed E-state index contributed by atoms with van der Waals surface area (Å²) in [6.07, 6.45) is 0. The number of aryl methyl sites for hydroxylation is 1. The molecular weight excluding hydrogens is 398 g/mol. The van der Waals surface area contributed by atoms with Gasteiger partial charge < -0.3 is 14.4 Å². The van der Waals surface area contributed by atoms with E-state index in [1.165, 1.54) is 23.5 Å². The molecule has 1 aromatic rings. The van der Waals surface area contributed by atoms with Gasteiger partial charge in [0.25, 0.3) is 0 Å². The Morgan fingerprint density at radius 2 is 1.64 bits per heavy atom. The molecule has 150 valence electrons. The van der Waals surface area contributed by atoms with Crippen molar-refractivity contribution < 1.29 is 19.1 Å². The monoisotopic (exact) mass is 421 g/mol. The molecule has 0 aromatic heterocycles. The number of carbonyl (C=O) groups is 2. The molecule has 0 amide bonds. The van der Waals surface area contributed by atoms with Crippen molar-refractivity contribution >= 4 is 46.2 Å². The Balaban J connectivity index is 2.02. The number of allylic oxidation sites excluding steroid dienone is 1. The molecule has 1 atom stereocenters. The van der Waals surface area contributed by atoms with Crippen molar-refractivity contribution in [2.24, 2.45) is 5.10 Å². The Morgan fingerprint density at radius 1 is 1.04 bits per heavy atom.